The number of nitrogens with one attached hydrogen (secondary N) is 1. The van der Waals surface area contributed by atoms with Crippen molar-refractivity contribution in [1.82, 2.24) is 10.3 Å². The Labute approximate surface area is 74.3 Å². The van der Waals surface area contributed by atoms with Crippen molar-refractivity contribution in [2.24, 2.45) is 11.3 Å². The molecule has 0 aromatic carbocycles. The number of hydrogen-bond donors (Lipinski definition) is 2. The predicted octanol–water partition coefficient (Wildman–Crippen LogP) is 0.326. The molecule has 2 aliphatic rings. The molecule has 3 nitrogen and oxygen atoms in total. The predicted molar refractivity (Wildman–Crippen MR) is 49.5 cm³/mol. The third kappa shape index (κ3) is 1.63. The Bertz CT molecular complexity index is 142. The van der Waals surface area contributed by atoms with Gasteiger partial charge in [-0.05, 0) is 44.2 Å². The highest BCUT2D eigenvalue weighted by Crippen LogP contribution is 2.38. The van der Waals surface area contributed by atoms with Crippen molar-refractivity contribution >= 4 is 0 Å². The summed E-state index contributed by atoms with van der Waals surface area (Å²) in [5.41, 5.74) is 0.654. The molecule has 2 heterocycles. The van der Waals surface area contributed by atoms with E-state index in [2.05, 4.69) is 5.32 Å². The molecular weight excluding hydrogens is 150 g/mol. The van der Waals surface area contributed by atoms with Crippen molar-refractivity contribution in [1.29, 1.82) is 0 Å². The van der Waals surface area contributed by atoms with E-state index in [1.165, 1.54) is 38.8 Å². The van der Waals surface area contributed by atoms with Gasteiger partial charge in [0, 0.05) is 13.1 Å². The maximum Gasteiger partial charge on any atom is 0.0133 e. The normalized spacial score (nSPS) is 30.8. The van der Waals surface area contributed by atoms with Gasteiger partial charge >= 0.3 is 0 Å². The van der Waals surface area contributed by atoms with Crippen LogP contribution in [0.3, 0.4) is 0 Å². The van der Waals surface area contributed by atoms with E-state index in [-0.39, 0.29) is 0 Å². The van der Waals surface area contributed by atoms with Gasteiger partial charge in [-0.1, -0.05) is 0 Å². The first kappa shape index (κ1) is 8.48. The van der Waals surface area contributed by atoms with Gasteiger partial charge in [0.05, 0.1) is 0 Å². The molecule has 0 aromatic heterocycles. The van der Waals surface area contributed by atoms with Crippen LogP contribution in [0.4, 0.5) is 0 Å². The maximum atomic E-state index is 5.74. The molecule has 0 unspecified atom stereocenters. The second-order valence-electron chi connectivity index (χ2n) is 4.29. The minimum Gasteiger partial charge on any atom is -0.317 e. The molecule has 0 amide bonds. The molecule has 70 valence electrons. The lowest BCUT2D eigenvalue weighted by atomic mass is 9.72. The molecule has 1 spiro atoms. The summed E-state index contributed by atoms with van der Waals surface area (Å²) in [5, 5.41) is 5.39. The summed E-state index contributed by atoms with van der Waals surface area (Å²) in [6.07, 6.45) is 5.35. The van der Waals surface area contributed by atoms with Crippen LogP contribution in [0.2, 0.25) is 0 Å². The van der Waals surface area contributed by atoms with Crippen molar-refractivity contribution in [2.45, 2.75) is 25.7 Å². The van der Waals surface area contributed by atoms with Crippen LogP contribution < -0.4 is 11.2 Å². The van der Waals surface area contributed by atoms with Gasteiger partial charge < -0.3 is 5.32 Å². The van der Waals surface area contributed by atoms with Crippen LogP contribution in [0.25, 0.3) is 0 Å². The summed E-state index contributed by atoms with van der Waals surface area (Å²) >= 11 is 0. The fourth-order valence-corrected chi connectivity index (χ4v) is 2.46. The van der Waals surface area contributed by atoms with Crippen LogP contribution in [-0.4, -0.2) is 31.2 Å². The Hall–Kier alpha value is -0.120. The number of hydrogen-bond acceptors (Lipinski definition) is 3. The topological polar surface area (TPSA) is 41.3 Å². The number of nitrogens with two attached hydrogens (primary N) is 1. The average Bonchev–Trinajstić information content (AvgIpc) is 2.13. The fraction of sp³-hybridized carbons (Fsp3) is 1.00. The molecule has 2 fully saturated rings. The molecule has 0 saturated carbocycles. The van der Waals surface area contributed by atoms with E-state index in [1.807, 2.05) is 5.01 Å². The molecule has 3 N–H and O–H groups in total. The highest BCUT2D eigenvalue weighted by atomic mass is 15.4. The van der Waals surface area contributed by atoms with Gasteiger partial charge in [-0.3, -0.25) is 5.84 Å². The molecule has 2 saturated heterocycles. The van der Waals surface area contributed by atoms with Crippen molar-refractivity contribution in [3.05, 3.63) is 0 Å². The summed E-state index contributed by atoms with van der Waals surface area (Å²) in [6.45, 7) is 4.62. The Morgan fingerprint density at radius 3 is 2.17 bits per heavy atom. The van der Waals surface area contributed by atoms with Crippen molar-refractivity contribution < 1.29 is 0 Å². The summed E-state index contributed by atoms with van der Waals surface area (Å²) < 4.78 is 0. The standard InChI is InChI=1S/C9H19N3/c10-12-7-3-9(4-8-12)1-5-11-6-2-9/h11H,1-8,10H2. The van der Waals surface area contributed by atoms with Crippen LogP contribution in [0.15, 0.2) is 0 Å². The van der Waals surface area contributed by atoms with Crippen molar-refractivity contribution in [2.75, 3.05) is 26.2 Å². The maximum absolute atomic E-state index is 5.74. The molecule has 0 aromatic rings. The lowest BCUT2D eigenvalue weighted by molar-refractivity contribution is 0.0742. The van der Waals surface area contributed by atoms with E-state index in [9.17, 15) is 0 Å². The third-order valence-electron chi connectivity index (χ3n) is 3.52. The van der Waals surface area contributed by atoms with Crippen LogP contribution >= 0.6 is 0 Å². The van der Waals surface area contributed by atoms with Crippen LogP contribution in [0.5, 0.6) is 0 Å². The third-order valence-corrected chi connectivity index (χ3v) is 3.52. The minimum atomic E-state index is 0.654. The molecule has 0 aliphatic carbocycles. The van der Waals surface area contributed by atoms with Gasteiger partial charge in [-0.25, -0.2) is 5.01 Å². The van der Waals surface area contributed by atoms with Crippen LogP contribution in [0.1, 0.15) is 25.7 Å². The molecule has 12 heavy (non-hydrogen) atoms. The molecule has 0 radical (unpaired) electrons. The van der Waals surface area contributed by atoms with E-state index in [0.29, 0.717) is 5.41 Å². The summed E-state index contributed by atoms with van der Waals surface area (Å²) in [4.78, 5) is 0. The smallest absolute Gasteiger partial charge is 0.0133 e. The molecule has 0 bridgehead atoms. The minimum absolute atomic E-state index is 0.654. The van der Waals surface area contributed by atoms with E-state index < -0.39 is 0 Å². The van der Waals surface area contributed by atoms with Gasteiger partial charge in [0.25, 0.3) is 0 Å². The zero-order valence-corrected chi connectivity index (χ0v) is 7.68. The first-order valence-corrected chi connectivity index (χ1v) is 5.01. The quantitative estimate of drug-likeness (QED) is 0.513. The molecule has 3 heteroatoms. The molecule has 2 rings (SSSR count). The first-order valence-electron chi connectivity index (χ1n) is 5.01. The van der Waals surface area contributed by atoms with E-state index in [0.717, 1.165) is 13.1 Å². The Morgan fingerprint density at radius 1 is 1.00 bits per heavy atom. The Kier molecular flexibility index (Phi) is 2.35. The van der Waals surface area contributed by atoms with E-state index in [4.69, 9.17) is 5.84 Å². The van der Waals surface area contributed by atoms with Crippen LogP contribution in [0, 0.1) is 5.41 Å². The lowest BCUT2D eigenvalue weighted by Crippen LogP contribution is -2.47. The van der Waals surface area contributed by atoms with Crippen molar-refractivity contribution in [3.8, 4) is 0 Å². The zero-order chi connectivity index (χ0) is 8.44. The number of piperidine rings is 2. The Balaban J connectivity index is 1.92. The van der Waals surface area contributed by atoms with Crippen LogP contribution in [-0.2, 0) is 0 Å². The SMILES string of the molecule is NN1CCC2(CCNCC2)CC1. The summed E-state index contributed by atoms with van der Waals surface area (Å²) in [5.74, 6) is 5.74. The number of hydrazine groups is 1. The van der Waals surface area contributed by atoms with E-state index in [1.54, 1.807) is 0 Å². The second-order valence-corrected chi connectivity index (χ2v) is 4.29. The van der Waals surface area contributed by atoms with Gasteiger partial charge in [-0.2, -0.15) is 0 Å². The molecule has 0 atom stereocenters. The monoisotopic (exact) mass is 169 g/mol. The second kappa shape index (κ2) is 3.32. The average molecular weight is 169 g/mol. The van der Waals surface area contributed by atoms with Gasteiger partial charge in [0.15, 0.2) is 0 Å². The summed E-state index contributed by atoms with van der Waals surface area (Å²) in [6, 6.07) is 0. The highest BCUT2D eigenvalue weighted by molar-refractivity contribution is 4.88. The largest absolute Gasteiger partial charge is 0.317 e. The fourth-order valence-electron chi connectivity index (χ4n) is 2.46. The van der Waals surface area contributed by atoms with E-state index >= 15 is 0 Å². The van der Waals surface area contributed by atoms with Gasteiger partial charge in [-0.15, -0.1) is 0 Å². The Morgan fingerprint density at radius 2 is 1.58 bits per heavy atom. The number of rotatable bonds is 0. The lowest BCUT2D eigenvalue weighted by Gasteiger charge is -2.43. The zero-order valence-electron chi connectivity index (χ0n) is 7.68. The van der Waals surface area contributed by atoms with Gasteiger partial charge in [0.2, 0.25) is 0 Å². The number of nitrogens with zero attached hydrogens (tertiary/aromatic N) is 1. The van der Waals surface area contributed by atoms with Gasteiger partial charge in [0.1, 0.15) is 0 Å². The van der Waals surface area contributed by atoms with Crippen molar-refractivity contribution in [3.63, 3.8) is 0 Å². The first-order chi connectivity index (χ1) is 5.81. The molecular formula is C9H19N3. The summed E-state index contributed by atoms with van der Waals surface area (Å²) in [7, 11) is 0. The highest BCUT2D eigenvalue weighted by Gasteiger charge is 2.34. The molecule has 2 aliphatic heterocycles.